The first-order valence-corrected chi connectivity index (χ1v) is 5.38. The van der Waals surface area contributed by atoms with Crippen molar-refractivity contribution in [3.63, 3.8) is 0 Å². The molecule has 4 nitrogen and oxygen atoms in total. The van der Waals surface area contributed by atoms with Crippen LogP contribution in [-0.2, 0) is 13.6 Å². The van der Waals surface area contributed by atoms with Gasteiger partial charge in [0.15, 0.2) is 6.54 Å². The second kappa shape index (κ2) is 6.35. The van der Waals surface area contributed by atoms with E-state index in [4.69, 9.17) is 4.74 Å². The maximum atomic E-state index is 12.1. The van der Waals surface area contributed by atoms with Crippen molar-refractivity contribution in [3.05, 3.63) is 48.5 Å². The molecule has 0 aliphatic heterocycles. The molecule has 0 saturated heterocycles. The van der Waals surface area contributed by atoms with Gasteiger partial charge in [-0.1, -0.05) is 12.1 Å². The van der Waals surface area contributed by atoms with Crippen LogP contribution in [-0.4, -0.2) is 17.5 Å². The molecule has 2 rings (SSSR count). The Balaban J connectivity index is 0.00000162. The number of nitrogens with zero attached hydrogens (tertiary/aromatic N) is 2. The lowest BCUT2D eigenvalue weighted by molar-refractivity contribution is -0.671. The highest BCUT2D eigenvalue weighted by atomic mass is 79.9. The van der Waals surface area contributed by atoms with E-state index in [1.54, 1.807) is 19.2 Å². The third kappa shape index (κ3) is 3.20. The first kappa shape index (κ1) is 14.4. The number of para-hydroxylation sites is 1. The van der Waals surface area contributed by atoms with Gasteiger partial charge >= 0.3 is 0 Å². The van der Waals surface area contributed by atoms with Crippen molar-refractivity contribution < 1.29 is 31.1 Å². The second-order valence-corrected chi connectivity index (χ2v) is 3.87. The Hall–Kier alpha value is -1.62. The molecule has 0 radical (unpaired) electrons. The smallest absolute Gasteiger partial charge is 0.243 e. The van der Waals surface area contributed by atoms with Crippen molar-refractivity contribution >= 4 is 5.78 Å². The van der Waals surface area contributed by atoms with Gasteiger partial charge in [0, 0.05) is 0 Å². The molecule has 1 aromatic carbocycles. The SMILES string of the molecule is COc1ccccc1C(=O)Cn1cc[n+](C)c1.[Br-]. The van der Waals surface area contributed by atoms with Gasteiger partial charge in [-0.25, -0.2) is 9.13 Å². The number of halogens is 1. The van der Waals surface area contributed by atoms with Crippen molar-refractivity contribution in [1.82, 2.24) is 4.57 Å². The number of Topliss-reactive ketones (excluding diaryl/α,β-unsaturated/α-hetero) is 1. The van der Waals surface area contributed by atoms with Crippen molar-refractivity contribution in [2.24, 2.45) is 7.05 Å². The number of hydrogen-bond donors (Lipinski definition) is 0. The molecule has 96 valence electrons. The lowest BCUT2D eigenvalue weighted by Gasteiger charge is -2.05. The number of methoxy groups -OCH3 is 1. The van der Waals surface area contributed by atoms with Gasteiger partial charge in [-0.2, -0.15) is 0 Å². The van der Waals surface area contributed by atoms with Crippen LogP contribution in [0.3, 0.4) is 0 Å². The van der Waals surface area contributed by atoms with Gasteiger partial charge in [0.1, 0.15) is 18.1 Å². The van der Waals surface area contributed by atoms with Crippen LogP contribution in [0.25, 0.3) is 0 Å². The number of hydrogen-bond acceptors (Lipinski definition) is 2. The van der Waals surface area contributed by atoms with Crippen molar-refractivity contribution in [2.45, 2.75) is 6.54 Å². The summed E-state index contributed by atoms with van der Waals surface area (Å²) in [5, 5.41) is 0. The van der Waals surface area contributed by atoms with Crippen LogP contribution < -0.4 is 26.3 Å². The third-order valence-corrected chi connectivity index (χ3v) is 2.56. The summed E-state index contributed by atoms with van der Waals surface area (Å²) in [7, 11) is 3.49. The summed E-state index contributed by atoms with van der Waals surface area (Å²) in [4.78, 5) is 12.1. The first-order valence-electron chi connectivity index (χ1n) is 5.38. The Kier molecular flexibility index (Phi) is 5.09. The molecule has 0 spiro atoms. The zero-order valence-corrected chi connectivity index (χ0v) is 11.9. The van der Waals surface area contributed by atoms with Crippen molar-refractivity contribution in [1.29, 1.82) is 0 Å². The monoisotopic (exact) mass is 310 g/mol. The second-order valence-electron chi connectivity index (χ2n) is 3.87. The van der Waals surface area contributed by atoms with Crippen LogP contribution in [0.2, 0.25) is 0 Å². The Labute approximate surface area is 117 Å². The van der Waals surface area contributed by atoms with Gasteiger partial charge in [-0.3, -0.25) is 4.79 Å². The summed E-state index contributed by atoms with van der Waals surface area (Å²) in [5.41, 5.74) is 0.617. The minimum atomic E-state index is 0. The standard InChI is InChI=1S/C13H15N2O2.BrH/c1-14-7-8-15(10-14)9-12(16)11-5-3-4-6-13(11)17-2;/h3-8,10H,9H2,1-2H3;1H/q+1;/p-1. The van der Waals surface area contributed by atoms with E-state index in [0.29, 0.717) is 17.9 Å². The number of ether oxygens (including phenoxy) is 1. The maximum Gasteiger partial charge on any atom is 0.243 e. The van der Waals surface area contributed by atoms with E-state index in [2.05, 4.69) is 0 Å². The number of aromatic nitrogens is 2. The summed E-state index contributed by atoms with van der Waals surface area (Å²) in [6.07, 6.45) is 5.64. The lowest BCUT2D eigenvalue weighted by atomic mass is 10.1. The number of ketones is 1. The van der Waals surface area contributed by atoms with E-state index in [0.717, 1.165) is 0 Å². The summed E-state index contributed by atoms with van der Waals surface area (Å²) < 4.78 is 8.91. The number of aryl methyl sites for hydroxylation is 1. The molecular formula is C13H15BrN2O2. The minimum Gasteiger partial charge on any atom is -1.00 e. The number of imidazole rings is 1. The largest absolute Gasteiger partial charge is 1.00 e. The number of rotatable bonds is 4. The Morgan fingerprint density at radius 2 is 2.11 bits per heavy atom. The van der Waals surface area contributed by atoms with Crippen LogP contribution in [0, 0.1) is 0 Å². The summed E-state index contributed by atoms with van der Waals surface area (Å²) in [6, 6.07) is 7.27. The van der Waals surface area contributed by atoms with E-state index >= 15 is 0 Å². The van der Waals surface area contributed by atoms with Gasteiger partial charge in [-0.05, 0) is 12.1 Å². The molecule has 0 fully saturated rings. The van der Waals surface area contributed by atoms with Crippen LogP contribution in [0.15, 0.2) is 43.0 Å². The number of carbonyl (C=O) groups is 1. The summed E-state index contributed by atoms with van der Waals surface area (Å²) in [6.45, 7) is 0.321. The van der Waals surface area contributed by atoms with Gasteiger partial charge in [-0.15, -0.1) is 0 Å². The van der Waals surface area contributed by atoms with E-state index in [-0.39, 0.29) is 22.8 Å². The Bertz CT molecular complexity index is 537. The van der Waals surface area contributed by atoms with Crippen LogP contribution in [0.4, 0.5) is 0 Å². The molecule has 0 N–H and O–H groups in total. The predicted octanol–water partition coefficient (Wildman–Crippen LogP) is -1.79. The van der Waals surface area contributed by atoms with E-state index in [9.17, 15) is 4.79 Å². The highest BCUT2D eigenvalue weighted by Gasteiger charge is 2.14. The van der Waals surface area contributed by atoms with Gasteiger partial charge in [0.05, 0.1) is 19.7 Å². The molecule has 0 atom stereocenters. The Morgan fingerprint density at radius 1 is 1.39 bits per heavy atom. The summed E-state index contributed by atoms with van der Waals surface area (Å²) in [5.74, 6) is 0.660. The fourth-order valence-corrected chi connectivity index (χ4v) is 1.72. The highest BCUT2D eigenvalue weighted by Crippen LogP contribution is 2.18. The fraction of sp³-hybridized carbons (Fsp3) is 0.231. The molecule has 0 aliphatic carbocycles. The number of carbonyl (C=O) groups excluding carboxylic acids is 1. The molecule has 18 heavy (non-hydrogen) atoms. The Morgan fingerprint density at radius 3 is 2.72 bits per heavy atom. The van der Waals surface area contributed by atoms with E-state index < -0.39 is 0 Å². The zero-order chi connectivity index (χ0) is 12.3. The lowest BCUT2D eigenvalue weighted by Crippen LogP contribution is -3.00. The quantitative estimate of drug-likeness (QED) is 0.494. The number of benzene rings is 1. The summed E-state index contributed by atoms with van der Waals surface area (Å²) >= 11 is 0. The average Bonchev–Trinajstić information content (AvgIpc) is 2.74. The van der Waals surface area contributed by atoms with Crippen LogP contribution in [0.1, 0.15) is 10.4 Å². The zero-order valence-electron chi connectivity index (χ0n) is 10.3. The molecular weight excluding hydrogens is 296 g/mol. The average molecular weight is 311 g/mol. The predicted molar refractivity (Wildman–Crippen MR) is 62.9 cm³/mol. The van der Waals surface area contributed by atoms with Crippen molar-refractivity contribution in [3.8, 4) is 5.75 Å². The molecule has 0 amide bonds. The van der Waals surface area contributed by atoms with Crippen LogP contribution in [0.5, 0.6) is 5.75 Å². The molecule has 0 aliphatic rings. The fourth-order valence-electron chi connectivity index (χ4n) is 1.72. The minimum absolute atomic E-state index is 0. The first-order chi connectivity index (χ1) is 8.20. The molecule has 2 aromatic rings. The molecule has 1 aromatic heterocycles. The topological polar surface area (TPSA) is 35.1 Å². The van der Waals surface area contributed by atoms with Crippen molar-refractivity contribution in [2.75, 3.05) is 7.11 Å². The van der Waals surface area contributed by atoms with Gasteiger partial charge in [0.25, 0.3) is 0 Å². The van der Waals surface area contributed by atoms with Gasteiger partial charge in [0.2, 0.25) is 12.1 Å². The molecule has 1 heterocycles. The van der Waals surface area contributed by atoms with Crippen LogP contribution >= 0.6 is 0 Å². The molecule has 0 saturated carbocycles. The maximum absolute atomic E-state index is 12.1. The molecule has 0 bridgehead atoms. The normalized spacial score (nSPS) is 9.67. The van der Waals surface area contributed by atoms with E-state index in [1.807, 2.05) is 47.0 Å². The molecule has 5 heteroatoms. The third-order valence-electron chi connectivity index (χ3n) is 2.56. The highest BCUT2D eigenvalue weighted by molar-refractivity contribution is 5.98. The molecule has 0 unspecified atom stereocenters. The van der Waals surface area contributed by atoms with E-state index in [1.165, 1.54) is 0 Å². The van der Waals surface area contributed by atoms with Gasteiger partial charge < -0.3 is 21.7 Å².